The molecular weight excluding hydrogens is 160 g/mol. The molecule has 0 unspecified atom stereocenters. The molecule has 1 heteroatoms. The van der Waals surface area contributed by atoms with E-state index in [4.69, 9.17) is 0 Å². The van der Waals surface area contributed by atoms with Crippen LogP contribution >= 0.6 is 0 Å². The van der Waals surface area contributed by atoms with Gasteiger partial charge in [-0.25, -0.2) is 0 Å². The third-order valence-electron chi connectivity index (χ3n) is 5.04. The van der Waals surface area contributed by atoms with Crippen LogP contribution < -0.4 is 0 Å². The Hall–Kier alpha value is -0.330. The standard InChI is InChI=1S/C12H18O/c1-12-7-3-6-10(13)11(12)8-4-2-5-9(8)12/h8-9,11H,2-7H2,1H3/t8-,9+,11+,12-/m1/s1. The van der Waals surface area contributed by atoms with Gasteiger partial charge in [-0.2, -0.15) is 0 Å². The van der Waals surface area contributed by atoms with Crippen molar-refractivity contribution in [2.75, 3.05) is 0 Å². The van der Waals surface area contributed by atoms with E-state index >= 15 is 0 Å². The molecule has 0 aromatic rings. The summed E-state index contributed by atoms with van der Waals surface area (Å²) in [5, 5.41) is 0. The van der Waals surface area contributed by atoms with Gasteiger partial charge in [-0.1, -0.05) is 13.3 Å². The van der Waals surface area contributed by atoms with Crippen molar-refractivity contribution >= 4 is 5.78 Å². The van der Waals surface area contributed by atoms with Crippen molar-refractivity contribution < 1.29 is 4.79 Å². The molecule has 3 rings (SSSR count). The Balaban J connectivity index is 1.93. The number of carbonyl (C=O) groups is 1. The van der Waals surface area contributed by atoms with Crippen molar-refractivity contribution in [3.63, 3.8) is 0 Å². The number of hydrogen-bond donors (Lipinski definition) is 0. The molecular formula is C12H18O. The lowest BCUT2D eigenvalue weighted by atomic mass is 9.44. The zero-order valence-corrected chi connectivity index (χ0v) is 8.38. The highest BCUT2D eigenvalue weighted by atomic mass is 16.1. The normalized spacial score (nSPS) is 53.9. The van der Waals surface area contributed by atoms with Crippen LogP contribution in [0.25, 0.3) is 0 Å². The highest BCUT2D eigenvalue weighted by Gasteiger charge is 2.63. The Kier molecular flexibility index (Phi) is 1.46. The SMILES string of the molecule is C[C@]12CCCC(=O)[C@@H]1[C@@H]1CCC[C@@H]12. The third-order valence-corrected chi connectivity index (χ3v) is 5.04. The van der Waals surface area contributed by atoms with Gasteiger partial charge in [0.25, 0.3) is 0 Å². The first kappa shape index (κ1) is 8.02. The Bertz CT molecular complexity index is 258. The first-order chi connectivity index (χ1) is 6.23. The van der Waals surface area contributed by atoms with Crippen molar-refractivity contribution in [1.82, 2.24) is 0 Å². The lowest BCUT2D eigenvalue weighted by molar-refractivity contribution is -0.160. The number of ketones is 1. The summed E-state index contributed by atoms with van der Waals surface area (Å²) in [7, 11) is 0. The van der Waals surface area contributed by atoms with Crippen molar-refractivity contribution in [3.05, 3.63) is 0 Å². The minimum atomic E-state index is 0.441. The first-order valence-corrected chi connectivity index (χ1v) is 5.76. The van der Waals surface area contributed by atoms with Crippen LogP contribution in [0.1, 0.15) is 45.4 Å². The van der Waals surface area contributed by atoms with Crippen LogP contribution in [0, 0.1) is 23.2 Å². The molecule has 4 atom stereocenters. The van der Waals surface area contributed by atoms with Crippen molar-refractivity contribution in [2.24, 2.45) is 23.2 Å². The van der Waals surface area contributed by atoms with E-state index in [0.717, 1.165) is 24.7 Å². The summed E-state index contributed by atoms with van der Waals surface area (Å²) < 4.78 is 0. The number of carbonyl (C=O) groups excluding carboxylic acids is 1. The van der Waals surface area contributed by atoms with Gasteiger partial charge in [-0.05, 0) is 42.9 Å². The maximum Gasteiger partial charge on any atom is 0.136 e. The summed E-state index contributed by atoms with van der Waals surface area (Å²) in [6, 6.07) is 0. The monoisotopic (exact) mass is 178 g/mol. The van der Waals surface area contributed by atoms with Crippen LogP contribution in [-0.4, -0.2) is 5.78 Å². The molecule has 0 aliphatic heterocycles. The molecule has 0 saturated heterocycles. The van der Waals surface area contributed by atoms with Gasteiger partial charge in [0.2, 0.25) is 0 Å². The quantitative estimate of drug-likeness (QED) is 0.557. The fourth-order valence-electron chi connectivity index (χ4n) is 4.55. The summed E-state index contributed by atoms with van der Waals surface area (Å²) in [6.07, 6.45) is 7.50. The molecule has 0 bridgehead atoms. The van der Waals surface area contributed by atoms with Gasteiger partial charge in [-0.15, -0.1) is 0 Å². The molecule has 0 aromatic heterocycles. The molecule has 3 aliphatic rings. The molecule has 0 spiro atoms. The van der Waals surface area contributed by atoms with E-state index < -0.39 is 0 Å². The van der Waals surface area contributed by atoms with E-state index in [2.05, 4.69) is 6.92 Å². The minimum absolute atomic E-state index is 0.441. The maximum absolute atomic E-state index is 11.8. The second-order valence-electron chi connectivity index (χ2n) is 5.50. The number of fused-ring (bicyclic) bond motifs is 4. The van der Waals surface area contributed by atoms with Gasteiger partial charge in [0, 0.05) is 12.3 Å². The van der Waals surface area contributed by atoms with Crippen LogP contribution in [0.4, 0.5) is 0 Å². The topological polar surface area (TPSA) is 17.1 Å². The molecule has 0 heterocycles. The average Bonchev–Trinajstić information content (AvgIpc) is 2.48. The van der Waals surface area contributed by atoms with Gasteiger partial charge in [0.15, 0.2) is 0 Å². The summed E-state index contributed by atoms with van der Waals surface area (Å²) in [5.74, 6) is 2.80. The number of rotatable bonds is 0. The average molecular weight is 178 g/mol. The molecule has 3 aliphatic carbocycles. The Morgan fingerprint density at radius 3 is 3.00 bits per heavy atom. The molecule has 1 nitrogen and oxygen atoms in total. The van der Waals surface area contributed by atoms with Gasteiger partial charge in [0.05, 0.1) is 0 Å². The zero-order chi connectivity index (χ0) is 9.05. The lowest BCUT2D eigenvalue weighted by Crippen LogP contribution is -2.58. The molecule has 3 saturated carbocycles. The second-order valence-corrected chi connectivity index (χ2v) is 5.50. The minimum Gasteiger partial charge on any atom is -0.299 e. The van der Waals surface area contributed by atoms with Crippen molar-refractivity contribution in [3.8, 4) is 0 Å². The second kappa shape index (κ2) is 2.37. The largest absolute Gasteiger partial charge is 0.299 e. The molecule has 0 aromatic carbocycles. The van der Waals surface area contributed by atoms with Crippen molar-refractivity contribution in [2.45, 2.75) is 45.4 Å². The van der Waals surface area contributed by atoms with E-state index in [1.807, 2.05) is 0 Å². The van der Waals surface area contributed by atoms with E-state index in [9.17, 15) is 4.79 Å². The lowest BCUT2D eigenvalue weighted by Gasteiger charge is -2.59. The highest BCUT2D eigenvalue weighted by molar-refractivity contribution is 5.84. The third kappa shape index (κ3) is 0.812. The molecule has 3 fully saturated rings. The predicted octanol–water partition coefficient (Wildman–Crippen LogP) is 2.79. The van der Waals surface area contributed by atoms with E-state index in [1.165, 1.54) is 25.7 Å². The van der Waals surface area contributed by atoms with Gasteiger partial charge >= 0.3 is 0 Å². The smallest absolute Gasteiger partial charge is 0.136 e. The Labute approximate surface area is 79.9 Å². The van der Waals surface area contributed by atoms with Crippen molar-refractivity contribution in [1.29, 1.82) is 0 Å². The molecule has 13 heavy (non-hydrogen) atoms. The fourth-order valence-corrected chi connectivity index (χ4v) is 4.55. The summed E-state index contributed by atoms with van der Waals surface area (Å²) in [6.45, 7) is 2.38. The summed E-state index contributed by atoms with van der Waals surface area (Å²) in [5.41, 5.74) is 0.441. The van der Waals surface area contributed by atoms with Crippen LogP contribution in [0.3, 0.4) is 0 Å². The summed E-state index contributed by atoms with van der Waals surface area (Å²) >= 11 is 0. The molecule has 72 valence electrons. The predicted molar refractivity (Wildman–Crippen MR) is 51.3 cm³/mol. The first-order valence-electron chi connectivity index (χ1n) is 5.76. The zero-order valence-electron chi connectivity index (χ0n) is 8.38. The van der Waals surface area contributed by atoms with Gasteiger partial charge < -0.3 is 0 Å². The van der Waals surface area contributed by atoms with E-state index in [0.29, 0.717) is 17.1 Å². The molecule has 0 amide bonds. The van der Waals surface area contributed by atoms with E-state index in [1.54, 1.807) is 0 Å². The number of Topliss-reactive ketones (excluding diaryl/α,β-unsaturated/α-hetero) is 1. The molecule has 0 N–H and O–H groups in total. The summed E-state index contributed by atoms with van der Waals surface area (Å²) in [4.78, 5) is 11.8. The van der Waals surface area contributed by atoms with Gasteiger partial charge in [-0.3, -0.25) is 4.79 Å². The van der Waals surface area contributed by atoms with Crippen LogP contribution in [0.5, 0.6) is 0 Å². The van der Waals surface area contributed by atoms with Crippen LogP contribution in [-0.2, 0) is 4.79 Å². The Morgan fingerprint density at radius 1 is 1.31 bits per heavy atom. The fraction of sp³-hybridized carbons (Fsp3) is 0.917. The number of hydrogen-bond acceptors (Lipinski definition) is 1. The van der Waals surface area contributed by atoms with Crippen LogP contribution in [0.2, 0.25) is 0 Å². The van der Waals surface area contributed by atoms with Gasteiger partial charge in [0.1, 0.15) is 5.78 Å². The van der Waals surface area contributed by atoms with E-state index in [-0.39, 0.29) is 0 Å². The van der Waals surface area contributed by atoms with Crippen LogP contribution in [0.15, 0.2) is 0 Å². The Morgan fingerprint density at radius 2 is 2.15 bits per heavy atom. The maximum atomic E-state index is 11.8. The highest BCUT2D eigenvalue weighted by Crippen LogP contribution is 2.66. The molecule has 0 radical (unpaired) electrons.